The molecule has 0 radical (unpaired) electrons. The lowest BCUT2D eigenvalue weighted by atomic mass is 9.99. The maximum Gasteiger partial charge on any atom is 0.305 e. The molecule has 1 heterocycles. The number of carbonyl (C=O) groups is 1. The summed E-state index contributed by atoms with van der Waals surface area (Å²) in [4.78, 5) is 10.7. The second kappa shape index (κ2) is 3.69. The molecule has 4 nitrogen and oxygen atoms in total. The second-order valence-corrected chi connectivity index (χ2v) is 2.67. The fraction of sp³-hybridized carbons (Fsp3) is 0.857. The van der Waals surface area contributed by atoms with E-state index in [1.165, 1.54) is 7.11 Å². The average Bonchev–Trinajstić information content (AvgIpc) is 2.01. The fourth-order valence-electron chi connectivity index (χ4n) is 0.996. The summed E-state index contributed by atoms with van der Waals surface area (Å²) >= 11 is 0. The smallest absolute Gasteiger partial charge is 0.305 e. The molecule has 11 heavy (non-hydrogen) atoms. The first-order valence-electron chi connectivity index (χ1n) is 3.68. The second-order valence-electron chi connectivity index (χ2n) is 2.67. The van der Waals surface area contributed by atoms with Crippen LogP contribution in [-0.2, 0) is 14.3 Å². The zero-order chi connectivity index (χ0) is 8.27. The number of esters is 1. The molecule has 0 saturated carbocycles. The highest BCUT2D eigenvalue weighted by molar-refractivity contribution is 5.69. The molecular weight excluding hydrogens is 146 g/mol. The van der Waals surface area contributed by atoms with Crippen LogP contribution in [0.25, 0.3) is 0 Å². The first-order chi connectivity index (χ1) is 5.24. The van der Waals surface area contributed by atoms with E-state index in [0.717, 1.165) is 6.42 Å². The van der Waals surface area contributed by atoms with Gasteiger partial charge in [-0.15, -0.1) is 0 Å². The Kier molecular flexibility index (Phi) is 2.84. The van der Waals surface area contributed by atoms with E-state index in [0.29, 0.717) is 18.9 Å². The minimum atomic E-state index is -0.177. The van der Waals surface area contributed by atoms with Crippen molar-refractivity contribution < 1.29 is 14.3 Å². The highest BCUT2D eigenvalue weighted by Crippen LogP contribution is 2.20. The van der Waals surface area contributed by atoms with Crippen LogP contribution in [0.5, 0.6) is 0 Å². The third-order valence-corrected chi connectivity index (χ3v) is 1.91. The van der Waals surface area contributed by atoms with Gasteiger partial charge >= 0.3 is 5.97 Å². The van der Waals surface area contributed by atoms with Gasteiger partial charge in [-0.05, 0) is 6.42 Å². The number of hydrogen-bond donors (Lipinski definition) is 1. The van der Waals surface area contributed by atoms with Gasteiger partial charge in [0.15, 0.2) is 0 Å². The molecule has 64 valence electrons. The maximum atomic E-state index is 10.7. The van der Waals surface area contributed by atoms with Gasteiger partial charge in [0, 0.05) is 12.3 Å². The molecule has 0 amide bonds. The Bertz CT molecular complexity index is 149. The van der Waals surface area contributed by atoms with Gasteiger partial charge in [-0.2, -0.15) is 0 Å². The monoisotopic (exact) mass is 159 g/mol. The molecule has 0 aromatic carbocycles. The zero-order valence-corrected chi connectivity index (χ0v) is 6.58. The highest BCUT2D eigenvalue weighted by atomic mass is 16.5. The lowest BCUT2D eigenvalue weighted by Gasteiger charge is -2.33. The predicted octanol–water partition coefficient (Wildman–Crippen LogP) is -0.129. The van der Waals surface area contributed by atoms with Gasteiger partial charge in [0.2, 0.25) is 0 Å². The van der Waals surface area contributed by atoms with Gasteiger partial charge in [-0.25, -0.2) is 0 Å². The van der Waals surface area contributed by atoms with E-state index >= 15 is 0 Å². The topological polar surface area (TPSA) is 61.5 Å². The molecule has 2 unspecified atom stereocenters. The minimum Gasteiger partial charge on any atom is -0.469 e. The van der Waals surface area contributed by atoms with Gasteiger partial charge in [0.05, 0.1) is 13.7 Å². The van der Waals surface area contributed by atoms with Gasteiger partial charge in [0.25, 0.3) is 0 Å². The lowest BCUT2D eigenvalue weighted by Crippen LogP contribution is -2.46. The largest absolute Gasteiger partial charge is 0.469 e. The predicted molar refractivity (Wildman–Crippen MR) is 38.7 cm³/mol. The highest BCUT2D eigenvalue weighted by Gasteiger charge is 2.28. The van der Waals surface area contributed by atoms with Crippen molar-refractivity contribution in [3.63, 3.8) is 0 Å². The SMILES string of the molecule is COC(=O)CCC1COC1N. The third kappa shape index (κ3) is 2.17. The van der Waals surface area contributed by atoms with Crippen LogP contribution in [0.15, 0.2) is 0 Å². The average molecular weight is 159 g/mol. The first-order valence-corrected chi connectivity index (χ1v) is 3.68. The van der Waals surface area contributed by atoms with Crippen LogP contribution in [0, 0.1) is 5.92 Å². The van der Waals surface area contributed by atoms with Crippen molar-refractivity contribution in [1.82, 2.24) is 0 Å². The van der Waals surface area contributed by atoms with Crippen molar-refractivity contribution >= 4 is 5.97 Å². The molecular formula is C7H13NO3. The molecule has 4 heteroatoms. The summed E-state index contributed by atoms with van der Waals surface area (Å²) in [7, 11) is 1.39. The minimum absolute atomic E-state index is 0.167. The standard InChI is InChI=1S/C7H13NO3/c1-10-6(9)3-2-5-4-11-7(5)8/h5,7H,2-4,8H2,1H3. The molecule has 1 rings (SSSR count). The number of hydrogen-bond acceptors (Lipinski definition) is 4. The molecule has 0 spiro atoms. The Morgan fingerprint density at radius 3 is 2.91 bits per heavy atom. The van der Waals surface area contributed by atoms with E-state index in [1.54, 1.807) is 0 Å². The van der Waals surface area contributed by atoms with E-state index in [9.17, 15) is 4.79 Å². The Morgan fingerprint density at radius 2 is 2.55 bits per heavy atom. The Morgan fingerprint density at radius 1 is 1.82 bits per heavy atom. The lowest BCUT2D eigenvalue weighted by molar-refractivity contribution is -0.144. The van der Waals surface area contributed by atoms with Gasteiger partial charge in [-0.1, -0.05) is 0 Å². The van der Waals surface area contributed by atoms with E-state index in [2.05, 4.69) is 4.74 Å². The number of methoxy groups -OCH3 is 1. The molecule has 1 aliphatic heterocycles. The van der Waals surface area contributed by atoms with Crippen molar-refractivity contribution in [3.05, 3.63) is 0 Å². The van der Waals surface area contributed by atoms with Crippen molar-refractivity contribution in [3.8, 4) is 0 Å². The van der Waals surface area contributed by atoms with Crippen LogP contribution < -0.4 is 5.73 Å². The number of ether oxygens (including phenoxy) is 2. The fourth-order valence-corrected chi connectivity index (χ4v) is 0.996. The molecule has 0 aromatic heterocycles. The Balaban J connectivity index is 2.07. The van der Waals surface area contributed by atoms with Gasteiger partial charge in [0.1, 0.15) is 6.23 Å². The van der Waals surface area contributed by atoms with E-state index in [4.69, 9.17) is 10.5 Å². The maximum absolute atomic E-state index is 10.7. The van der Waals surface area contributed by atoms with Crippen molar-refractivity contribution in [1.29, 1.82) is 0 Å². The summed E-state index contributed by atoms with van der Waals surface area (Å²) in [5.74, 6) is 0.165. The molecule has 0 bridgehead atoms. The summed E-state index contributed by atoms with van der Waals surface area (Å²) in [5.41, 5.74) is 5.48. The van der Waals surface area contributed by atoms with Crippen LogP contribution in [0.3, 0.4) is 0 Å². The summed E-state index contributed by atoms with van der Waals surface area (Å²) in [5, 5.41) is 0. The van der Waals surface area contributed by atoms with Crippen LogP contribution in [0.2, 0.25) is 0 Å². The first kappa shape index (κ1) is 8.49. The van der Waals surface area contributed by atoms with Crippen LogP contribution in [0.4, 0.5) is 0 Å². The summed E-state index contributed by atoms with van der Waals surface area (Å²) in [6, 6.07) is 0. The van der Waals surface area contributed by atoms with Crippen molar-refractivity contribution in [2.45, 2.75) is 19.1 Å². The van der Waals surface area contributed by atoms with Crippen molar-refractivity contribution in [2.24, 2.45) is 11.7 Å². The quantitative estimate of drug-likeness (QED) is 0.583. The van der Waals surface area contributed by atoms with E-state index in [-0.39, 0.29) is 12.2 Å². The summed E-state index contributed by atoms with van der Waals surface area (Å²) in [6.45, 7) is 0.679. The number of rotatable bonds is 3. The Hall–Kier alpha value is -0.610. The van der Waals surface area contributed by atoms with Crippen LogP contribution >= 0.6 is 0 Å². The van der Waals surface area contributed by atoms with Crippen LogP contribution in [0.1, 0.15) is 12.8 Å². The van der Waals surface area contributed by atoms with Crippen molar-refractivity contribution in [2.75, 3.05) is 13.7 Å². The van der Waals surface area contributed by atoms with E-state index in [1.807, 2.05) is 0 Å². The molecule has 1 aliphatic rings. The van der Waals surface area contributed by atoms with E-state index < -0.39 is 0 Å². The third-order valence-electron chi connectivity index (χ3n) is 1.91. The molecule has 1 saturated heterocycles. The normalized spacial score (nSPS) is 29.3. The number of nitrogens with two attached hydrogens (primary N) is 1. The number of carbonyl (C=O) groups excluding carboxylic acids is 1. The summed E-state index contributed by atoms with van der Waals surface area (Å²) in [6.07, 6.45) is 1.05. The molecule has 0 aromatic rings. The molecule has 2 N–H and O–H groups in total. The molecule has 0 aliphatic carbocycles. The molecule has 1 fully saturated rings. The van der Waals surface area contributed by atoms with Gasteiger partial charge < -0.3 is 15.2 Å². The molecule has 2 atom stereocenters. The van der Waals surface area contributed by atoms with Crippen LogP contribution in [-0.4, -0.2) is 25.9 Å². The zero-order valence-electron chi connectivity index (χ0n) is 6.58. The Labute approximate surface area is 65.7 Å². The van der Waals surface area contributed by atoms with Gasteiger partial charge in [-0.3, -0.25) is 4.79 Å². The summed E-state index contributed by atoms with van der Waals surface area (Å²) < 4.78 is 9.42.